The fourth-order valence-electron chi connectivity index (χ4n) is 3.13. The molecule has 0 saturated heterocycles. The smallest absolute Gasteiger partial charge is 0.0635 e. The van der Waals surface area contributed by atoms with Gasteiger partial charge >= 0.3 is 0 Å². The Morgan fingerprint density at radius 2 is 2.11 bits per heavy atom. The number of aryl methyl sites for hydroxylation is 1. The van der Waals surface area contributed by atoms with E-state index < -0.39 is 0 Å². The largest absolute Gasteiger partial charge is 0.314 e. The standard InChI is InChI=1S/C14H24BrN3/c1-3-16-13-9-7-5-6-8-11(13)14-12(15)10-17-18(14)4-2/h10-11,13,16H,3-9H2,1-2H3. The fourth-order valence-corrected chi connectivity index (χ4v) is 3.72. The van der Waals surface area contributed by atoms with Crippen molar-refractivity contribution in [1.29, 1.82) is 0 Å². The minimum Gasteiger partial charge on any atom is -0.314 e. The lowest BCUT2D eigenvalue weighted by Crippen LogP contribution is -2.35. The maximum Gasteiger partial charge on any atom is 0.0635 e. The second-order valence-electron chi connectivity index (χ2n) is 5.10. The van der Waals surface area contributed by atoms with Crippen LogP contribution in [0.4, 0.5) is 0 Å². The van der Waals surface area contributed by atoms with Crippen LogP contribution in [-0.4, -0.2) is 22.4 Å². The summed E-state index contributed by atoms with van der Waals surface area (Å²) in [5.74, 6) is 0.601. The second kappa shape index (κ2) is 6.71. The minimum atomic E-state index is 0.601. The summed E-state index contributed by atoms with van der Waals surface area (Å²) in [6.45, 7) is 6.38. The summed E-state index contributed by atoms with van der Waals surface area (Å²) in [6, 6.07) is 0.607. The summed E-state index contributed by atoms with van der Waals surface area (Å²) in [5.41, 5.74) is 1.39. The third-order valence-corrected chi connectivity index (χ3v) is 4.58. The van der Waals surface area contributed by atoms with Crippen LogP contribution in [0.15, 0.2) is 10.7 Å². The molecule has 1 N–H and O–H groups in total. The molecule has 1 fully saturated rings. The molecule has 1 aromatic heterocycles. The van der Waals surface area contributed by atoms with Gasteiger partial charge in [0, 0.05) is 18.5 Å². The third kappa shape index (κ3) is 2.97. The lowest BCUT2D eigenvalue weighted by molar-refractivity contribution is 0.396. The molecule has 0 spiro atoms. The molecule has 0 aliphatic heterocycles. The van der Waals surface area contributed by atoms with E-state index in [2.05, 4.69) is 44.9 Å². The van der Waals surface area contributed by atoms with E-state index in [1.807, 2.05) is 6.20 Å². The molecule has 0 bridgehead atoms. The van der Waals surface area contributed by atoms with Crippen LogP contribution in [0.25, 0.3) is 0 Å². The number of rotatable bonds is 4. The molecule has 1 aliphatic rings. The first kappa shape index (κ1) is 14.1. The van der Waals surface area contributed by atoms with E-state index >= 15 is 0 Å². The molecule has 1 aliphatic carbocycles. The zero-order chi connectivity index (χ0) is 13.0. The highest BCUT2D eigenvalue weighted by Crippen LogP contribution is 2.35. The Morgan fingerprint density at radius 1 is 1.33 bits per heavy atom. The van der Waals surface area contributed by atoms with Gasteiger partial charge in [0.2, 0.25) is 0 Å². The highest BCUT2D eigenvalue weighted by molar-refractivity contribution is 9.10. The molecule has 4 heteroatoms. The van der Waals surface area contributed by atoms with Gasteiger partial charge in [0.1, 0.15) is 0 Å². The van der Waals surface area contributed by atoms with Crippen molar-refractivity contribution in [3.63, 3.8) is 0 Å². The maximum atomic E-state index is 4.48. The van der Waals surface area contributed by atoms with E-state index in [-0.39, 0.29) is 0 Å². The van der Waals surface area contributed by atoms with Crippen molar-refractivity contribution >= 4 is 15.9 Å². The predicted molar refractivity (Wildman–Crippen MR) is 78.9 cm³/mol. The molecule has 1 aromatic rings. The fraction of sp³-hybridized carbons (Fsp3) is 0.786. The molecule has 0 radical (unpaired) electrons. The summed E-state index contributed by atoms with van der Waals surface area (Å²) >= 11 is 3.69. The van der Waals surface area contributed by atoms with E-state index in [4.69, 9.17) is 0 Å². The average Bonchev–Trinajstić information content (AvgIpc) is 2.59. The van der Waals surface area contributed by atoms with Crippen LogP contribution in [0, 0.1) is 0 Å². The second-order valence-corrected chi connectivity index (χ2v) is 5.96. The first-order chi connectivity index (χ1) is 8.77. The summed E-state index contributed by atoms with van der Waals surface area (Å²) < 4.78 is 3.34. The van der Waals surface area contributed by atoms with Crippen LogP contribution in [0.3, 0.4) is 0 Å². The van der Waals surface area contributed by atoms with E-state index in [0.717, 1.165) is 13.1 Å². The van der Waals surface area contributed by atoms with Crippen LogP contribution < -0.4 is 5.32 Å². The van der Waals surface area contributed by atoms with Gasteiger partial charge < -0.3 is 5.32 Å². The number of hydrogen-bond donors (Lipinski definition) is 1. The van der Waals surface area contributed by atoms with Gasteiger partial charge in [-0.05, 0) is 42.2 Å². The van der Waals surface area contributed by atoms with Gasteiger partial charge in [-0.15, -0.1) is 0 Å². The predicted octanol–water partition coefficient (Wildman–Crippen LogP) is 3.69. The molecule has 102 valence electrons. The number of aromatic nitrogens is 2. The van der Waals surface area contributed by atoms with Gasteiger partial charge in [-0.2, -0.15) is 5.10 Å². The lowest BCUT2D eigenvalue weighted by Gasteiger charge is -2.27. The van der Waals surface area contributed by atoms with Gasteiger partial charge in [0.15, 0.2) is 0 Å². The topological polar surface area (TPSA) is 29.9 Å². The normalized spacial score (nSPS) is 25.1. The van der Waals surface area contributed by atoms with E-state index in [0.29, 0.717) is 12.0 Å². The van der Waals surface area contributed by atoms with Gasteiger partial charge in [-0.25, -0.2) is 0 Å². The molecule has 0 amide bonds. The molecule has 18 heavy (non-hydrogen) atoms. The first-order valence-electron chi connectivity index (χ1n) is 7.22. The van der Waals surface area contributed by atoms with Gasteiger partial charge in [-0.1, -0.05) is 26.2 Å². The van der Waals surface area contributed by atoms with Crippen molar-refractivity contribution in [2.75, 3.05) is 6.54 Å². The molecule has 3 nitrogen and oxygen atoms in total. The number of nitrogens with zero attached hydrogens (tertiary/aromatic N) is 2. The van der Waals surface area contributed by atoms with Gasteiger partial charge in [-0.3, -0.25) is 4.68 Å². The summed E-state index contributed by atoms with van der Waals surface area (Å²) in [5, 5.41) is 8.16. The third-order valence-electron chi connectivity index (χ3n) is 3.97. The van der Waals surface area contributed by atoms with E-state index in [1.54, 1.807) is 0 Å². The first-order valence-corrected chi connectivity index (χ1v) is 8.01. The quantitative estimate of drug-likeness (QED) is 0.859. The van der Waals surface area contributed by atoms with Crippen LogP contribution >= 0.6 is 15.9 Å². The Morgan fingerprint density at radius 3 is 2.83 bits per heavy atom. The monoisotopic (exact) mass is 313 g/mol. The van der Waals surface area contributed by atoms with Crippen molar-refractivity contribution in [3.05, 3.63) is 16.4 Å². The number of halogens is 1. The van der Waals surface area contributed by atoms with Crippen molar-refractivity contribution < 1.29 is 0 Å². The summed E-state index contributed by atoms with van der Waals surface area (Å²) in [6.07, 6.45) is 8.59. The van der Waals surface area contributed by atoms with Crippen molar-refractivity contribution in [1.82, 2.24) is 15.1 Å². The molecule has 2 atom stereocenters. The van der Waals surface area contributed by atoms with Crippen molar-refractivity contribution in [3.8, 4) is 0 Å². The Hall–Kier alpha value is -0.350. The highest BCUT2D eigenvalue weighted by atomic mass is 79.9. The van der Waals surface area contributed by atoms with Gasteiger partial charge in [0.25, 0.3) is 0 Å². The van der Waals surface area contributed by atoms with E-state index in [1.165, 1.54) is 42.3 Å². The molecule has 0 aromatic carbocycles. The Bertz CT molecular complexity index is 375. The SMILES string of the molecule is CCNC1CCCCCC1c1c(Br)cnn1CC. The van der Waals surface area contributed by atoms with Crippen LogP contribution in [-0.2, 0) is 6.54 Å². The lowest BCUT2D eigenvalue weighted by atomic mass is 9.91. The van der Waals surface area contributed by atoms with Crippen LogP contribution in [0.5, 0.6) is 0 Å². The minimum absolute atomic E-state index is 0.601. The molecular formula is C14H24BrN3. The molecule has 1 heterocycles. The number of hydrogen-bond acceptors (Lipinski definition) is 2. The molecule has 1 saturated carbocycles. The molecule has 2 unspecified atom stereocenters. The van der Waals surface area contributed by atoms with Crippen molar-refractivity contribution in [2.24, 2.45) is 0 Å². The van der Waals surface area contributed by atoms with Crippen molar-refractivity contribution in [2.45, 2.75) is 64.5 Å². The Labute approximate surface area is 118 Å². The maximum absolute atomic E-state index is 4.48. The summed E-state index contributed by atoms with van der Waals surface area (Å²) in [4.78, 5) is 0. The van der Waals surface area contributed by atoms with E-state index in [9.17, 15) is 0 Å². The van der Waals surface area contributed by atoms with Crippen LogP contribution in [0.2, 0.25) is 0 Å². The Kier molecular flexibility index (Phi) is 5.25. The number of likely N-dealkylation sites (N-methyl/N-ethyl adjacent to an activating group) is 1. The van der Waals surface area contributed by atoms with Crippen LogP contribution in [0.1, 0.15) is 57.6 Å². The zero-order valence-electron chi connectivity index (χ0n) is 11.5. The number of nitrogens with one attached hydrogen (secondary N) is 1. The van der Waals surface area contributed by atoms with Gasteiger partial charge in [0.05, 0.1) is 16.4 Å². The Balaban J connectivity index is 2.28. The summed E-state index contributed by atoms with van der Waals surface area (Å²) in [7, 11) is 0. The molecule has 2 rings (SSSR count). The average molecular weight is 314 g/mol. The molecular weight excluding hydrogens is 290 g/mol. The zero-order valence-corrected chi connectivity index (χ0v) is 13.0. The highest BCUT2D eigenvalue weighted by Gasteiger charge is 2.28.